The smallest absolute Gasteiger partial charge is 0.154 e. The second-order valence-electron chi connectivity index (χ2n) is 5.79. The Hall–Kier alpha value is -0.0800. The highest BCUT2D eigenvalue weighted by molar-refractivity contribution is 4.82. The van der Waals surface area contributed by atoms with Gasteiger partial charge in [-0.1, -0.05) is 38.5 Å². The van der Waals surface area contributed by atoms with Crippen LogP contribution in [0.4, 0.5) is 0 Å². The Kier molecular flexibility index (Phi) is 4.66. The van der Waals surface area contributed by atoms with Crippen molar-refractivity contribution >= 4 is 0 Å². The Balaban J connectivity index is 1.96. The fraction of sp³-hybridized carbons (Fsp3) is 1.00. The zero-order valence-corrected chi connectivity index (χ0v) is 10.3. The maximum absolute atomic E-state index is 9.67. The Morgan fingerprint density at radius 3 is 1.31 bits per heavy atom. The molecule has 2 fully saturated rings. The first kappa shape index (κ1) is 12.4. The molecule has 0 unspecified atom stereocenters. The van der Waals surface area contributed by atoms with E-state index >= 15 is 0 Å². The summed E-state index contributed by atoms with van der Waals surface area (Å²) in [5, 5.41) is 19.3. The van der Waals surface area contributed by atoms with Gasteiger partial charge in [-0.2, -0.15) is 0 Å². The summed E-state index contributed by atoms with van der Waals surface area (Å²) in [6.45, 7) is 0. The van der Waals surface area contributed by atoms with E-state index in [2.05, 4.69) is 0 Å². The van der Waals surface area contributed by atoms with E-state index < -0.39 is 6.29 Å². The third-order valence-corrected chi connectivity index (χ3v) is 4.73. The molecular formula is C14H26O2. The minimum absolute atomic E-state index is 0.167. The van der Waals surface area contributed by atoms with Gasteiger partial charge < -0.3 is 10.2 Å². The first-order valence-electron chi connectivity index (χ1n) is 7.15. The summed E-state index contributed by atoms with van der Waals surface area (Å²) in [4.78, 5) is 0. The minimum Gasteiger partial charge on any atom is -0.368 e. The number of aliphatic hydroxyl groups excluding tert-OH is 1. The van der Waals surface area contributed by atoms with Gasteiger partial charge in [0.15, 0.2) is 6.29 Å². The second kappa shape index (κ2) is 6.02. The van der Waals surface area contributed by atoms with Crippen LogP contribution in [0.25, 0.3) is 0 Å². The van der Waals surface area contributed by atoms with Crippen molar-refractivity contribution in [1.29, 1.82) is 0 Å². The molecule has 94 valence electrons. The highest BCUT2D eigenvalue weighted by Crippen LogP contribution is 2.41. The number of aliphatic hydroxyl groups is 2. The Morgan fingerprint density at radius 1 is 0.625 bits per heavy atom. The lowest BCUT2D eigenvalue weighted by Crippen LogP contribution is -2.36. The summed E-state index contributed by atoms with van der Waals surface area (Å²) in [5.74, 6) is 1.33. The number of hydrogen-bond donors (Lipinski definition) is 2. The topological polar surface area (TPSA) is 40.5 Å². The van der Waals surface area contributed by atoms with Gasteiger partial charge in [0.25, 0.3) is 0 Å². The van der Waals surface area contributed by atoms with Crippen molar-refractivity contribution in [3.63, 3.8) is 0 Å². The average molecular weight is 226 g/mol. The van der Waals surface area contributed by atoms with Gasteiger partial charge in [-0.3, -0.25) is 0 Å². The lowest BCUT2D eigenvalue weighted by Gasteiger charge is -2.38. The van der Waals surface area contributed by atoms with Crippen LogP contribution < -0.4 is 0 Å². The van der Waals surface area contributed by atoms with Gasteiger partial charge in [0.1, 0.15) is 0 Å². The molecule has 0 atom stereocenters. The molecule has 0 aliphatic heterocycles. The van der Waals surface area contributed by atoms with Gasteiger partial charge in [0.2, 0.25) is 0 Å². The summed E-state index contributed by atoms with van der Waals surface area (Å²) in [6, 6.07) is 0. The lowest BCUT2D eigenvalue weighted by atomic mass is 9.69. The zero-order chi connectivity index (χ0) is 11.4. The second-order valence-corrected chi connectivity index (χ2v) is 5.79. The van der Waals surface area contributed by atoms with Crippen LogP contribution in [0.2, 0.25) is 0 Å². The van der Waals surface area contributed by atoms with Crippen LogP contribution >= 0.6 is 0 Å². The Bertz CT molecular complexity index is 173. The molecule has 0 heterocycles. The normalized spacial score (nSPS) is 25.5. The van der Waals surface area contributed by atoms with E-state index in [0.717, 1.165) is 0 Å². The highest BCUT2D eigenvalue weighted by Gasteiger charge is 2.35. The van der Waals surface area contributed by atoms with Crippen molar-refractivity contribution in [2.24, 2.45) is 17.8 Å². The van der Waals surface area contributed by atoms with Crippen LogP contribution in [0.1, 0.15) is 64.2 Å². The zero-order valence-electron chi connectivity index (χ0n) is 10.3. The summed E-state index contributed by atoms with van der Waals surface area (Å²) in [7, 11) is 0. The predicted octanol–water partition coefficient (Wildman–Crippen LogP) is 3.07. The van der Waals surface area contributed by atoms with Crippen LogP contribution in [0, 0.1) is 17.8 Å². The highest BCUT2D eigenvalue weighted by atomic mass is 16.5. The molecule has 0 aromatic heterocycles. The number of hydrogen-bond acceptors (Lipinski definition) is 2. The molecular weight excluding hydrogens is 200 g/mol. The quantitative estimate of drug-likeness (QED) is 0.726. The van der Waals surface area contributed by atoms with Crippen molar-refractivity contribution in [2.75, 3.05) is 0 Å². The molecule has 2 saturated carbocycles. The van der Waals surface area contributed by atoms with Crippen molar-refractivity contribution in [1.82, 2.24) is 0 Å². The van der Waals surface area contributed by atoms with E-state index in [1.54, 1.807) is 0 Å². The molecule has 0 bridgehead atoms. The molecule has 2 rings (SSSR count). The molecule has 0 spiro atoms. The lowest BCUT2D eigenvalue weighted by molar-refractivity contribution is -0.127. The molecule has 2 aliphatic carbocycles. The minimum atomic E-state index is -1.08. The Labute approximate surface area is 99.1 Å². The SMILES string of the molecule is OC(O)C(C1CCCCC1)C1CCCCC1. The fourth-order valence-electron chi connectivity index (χ4n) is 3.91. The predicted molar refractivity (Wildman–Crippen MR) is 64.9 cm³/mol. The molecule has 2 heteroatoms. The fourth-order valence-corrected chi connectivity index (χ4v) is 3.91. The third kappa shape index (κ3) is 2.98. The third-order valence-electron chi connectivity index (χ3n) is 4.73. The molecule has 2 N–H and O–H groups in total. The van der Waals surface area contributed by atoms with Gasteiger partial charge in [-0.25, -0.2) is 0 Å². The molecule has 0 radical (unpaired) electrons. The Morgan fingerprint density at radius 2 is 1.00 bits per heavy atom. The first-order chi connectivity index (χ1) is 7.79. The first-order valence-corrected chi connectivity index (χ1v) is 7.15. The summed E-state index contributed by atoms with van der Waals surface area (Å²) in [6.07, 6.45) is 11.7. The summed E-state index contributed by atoms with van der Waals surface area (Å²) in [5.41, 5.74) is 0. The van der Waals surface area contributed by atoms with Crippen LogP contribution in [0.15, 0.2) is 0 Å². The molecule has 16 heavy (non-hydrogen) atoms. The number of rotatable bonds is 3. The average Bonchev–Trinajstić information content (AvgIpc) is 2.31. The van der Waals surface area contributed by atoms with E-state index in [-0.39, 0.29) is 5.92 Å². The largest absolute Gasteiger partial charge is 0.368 e. The van der Waals surface area contributed by atoms with Gasteiger partial charge in [-0.15, -0.1) is 0 Å². The van der Waals surface area contributed by atoms with Crippen molar-refractivity contribution in [3.8, 4) is 0 Å². The van der Waals surface area contributed by atoms with Crippen LogP contribution in [-0.2, 0) is 0 Å². The van der Waals surface area contributed by atoms with Crippen molar-refractivity contribution in [3.05, 3.63) is 0 Å². The monoisotopic (exact) mass is 226 g/mol. The molecule has 0 amide bonds. The van der Waals surface area contributed by atoms with Crippen LogP contribution in [0.5, 0.6) is 0 Å². The summed E-state index contributed by atoms with van der Waals surface area (Å²) >= 11 is 0. The van der Waals surface area contributed by atoms with Crippen molar-refractivity contribution < 1.29 is 10.2 Å². The van der Waals surface area contributed by atoms with E-state index in [4.69, 9.17) is 0 Å². The van der Waals surface area contributed by atoms with Gasteiger partial charge in [-0.05, 0) is 37.5 Å². The standard InChI is InChI=1S/C14H26O2/c15-14(16)13(11-7-3-1-4-8-11)12-9-5-2-6-10-12/h11-16H,1-10H2. The molecule has 2 aliphatic rings. The van der Waals surface area contributed by atoms with Crippen LogP contribution in [-0.4, -0.2) is 16.5 Å². The van der Waals surface area contributed by atoms with Crippen molar-refractivity contribution in [2.45, 2.75) is 70.5 Å². The van der Waals surface area contributed by atoms with Gasteiger partial charge >= 0.3 is 0 Å². The molecule has 0 aromatic carbocycles. The maximum atomic E-state index is 9.67. The van der Waals surface area contributed by atoms with Gasteiger partial charge in [0.05, 0.1) is 0 Å². The molecule has 0 aromatic rings. The van der Waals surface area contributed by atoms with Gasteiger partial charge in [0, 0.05) is 5.92 Å². The summed E-state index contributed by atoms with van der Waals surface area (Å²) < 4.78 is 0. The van der Waals surface area contributed by atoms with Crippen LogP contribution in [0.3, 0.4) is 0 Å². The van der Waals surface area contributed by atoms with E-state index in [9.17, 15) is 10.2 Å². The van der Waals surface area contributed by atoms with E-state index in [1.807, 2.05) is 0 Å². The maximum Gasteiger partial charge on any atom is 0.154 e. The van der Waals surface area contributed by atoms with E-state index in [1.165, 1.54) is 64.2 Å². The molecule has 0 saturated heterocycles. The molecule has 2 nitrogen and oxygen atoms in total. The van der Waals surface area contributed by atoms with E-state index in [0.29, 0.717) is 11.8 Å².